The quantitative estimate of drug-likeness (QED) is 0.753. The van der Waals surface area contributed by atoms with Crippen molar-refractivity contribution < 1.29 is 22.7 Å². The molecule has 3 atom stereocenters. The molecule has 0 aromatic heterocycles. The minimum atomic E-state index is -4.24. The molecule has 0 aromatic rings. The number of carbonyl (C=O) groups is 1. The Labute approximate surface area is 98.5 Å². The second kappa shape index (κ2) is 4.96. The maximum atomic E-state index is 12.9. The number of halogens is 3. The van der Waals surface area contributed by atoms with Gasteiger partial charge in [0.25, 0.3) is 0 Å². The molecular weight excluding hydrogens is 233 g/mol. The van der Waals surface area contributed by atoms with Gasteiger partial charge in [0, 0.05) is 18.4 Å². The van der Waals surface area contributed by atoms with E-state index in [0.29, 0.717) is 32.5 Å². The summed E-state index contributed by atoms with van der Waals surface area (Å²) in [5, 5.41) is 0. The number of ether oxygens (including phenoxy) is 1. The molecule has 1 aliphatic carbocycles. The standard InChI is InChI=1S/C12H17F3O2/c13-12(14,15)10-4-2-1-3-9(10)11(16)8-5-6-17-7-8/h8-10H,1-7H2. The van der Waals surface area contributed by atoms with Crippen LogP contribution in [0.1, 0.15) is 32.1 Å². The zero-order chi connectivity index (χ0) is 12.5. The zero-order valence-corrected chi connectivity index (χ0v) is 9.63. The maximum Gasteiger partial charge on any atom is 0.392 e. The topological polar surface area (TPSA) is 26.3 Å². The molecule has 98 valence electrons. The van der Waals surface area contributed by atoms with Crippen LogP contribution in [0.4, 0.5) is 13.2 Å². The van der Waals surface area contributed by atoms with Gasteiger partial charge in [0.2, 0.25) is 0 Å². The van der Waals surface area contributed by atoms with Crippen LogP contribution in [-0.4, -0.2) is 25.2 Å². The van der Waals surface area contributed by atoms with E-state index in [0.717, 1.165) is 6.42 Å². The number of hydrogen-bond donors (Lipinski definition) is 0. The molecule has 0 radical (unpaired) electrons. The lowest BCUT2D eigenvalue weighted by molar-refractivity contribution is -0.198. The van der Waals surface area contributed by atoms with E-state index in [9.17, 15) is 18.0 Å². The van der Waals surface area contributed by atoms with Gasteiger partial charge >= 0.3 is 6.18 Å². The molecule has 5 heteroatoms. The van der Waals surface area contributed by atoms with Crippen LogP contribution in [0.15, 0.2) is 0 Å². The SMILES string of the molecule is O=C(C1CCOC1)C1CCCCC1C(F)(F)F. The van der Waals surface area contributed by atoms with Gasteiger partial charge in [-0.15, -0.1) is 0 Å². The van der Waals surface area contributed by atoms with Crippen LogP contribution < -0.4 is 0 Å². The van der Waals surface area contributed by atoms with Crippen molar-refractivity contribution in [3.8, 4) is 0 Å². The highest BCUT2D eigenvalue weighted by atomic mass is 19.4. The Hall–Kier alpha value is -0.580. The maximum absolute atomic E-state index is 12.9. The monoisotopic (exact) mass is 250 g/mol. The third-order valence-corrected chi connectivity index (χ3v) is 3.88. The van der Waals surface area contributed by atoms with Crippen LogP contribution >= 0.6 is 0 Å². The van der Waals surface area contributed by atoms with E-state index in [2.05, 4.69) is 0 Å². The lowest BCUT2D eigenvalue weighted by Gasteiger charge is -2.33. The Morgan fingerprint density at radius 3 is 2.41 bits per heavy atom. The Morgan fingerprint density at radius 2 is 1.82 bits per heavy atom. The van der Waals surface area contributed by atoms with Crippen LogP contribution in [0, 0.1) is 17.8 Å². The molecular formula is C12H17F3O2. The highest BCUT2D eigenvalue weighted by Crippen LogP contribution is 2.43. The fourth-order valence-electron chi connectivity index (χ4n) is 2.92. The largest absolute Gasteiger partial charge is 0.392 e. The Kier molecular flexibility index (Phi) is 3.76. The van der Waals surface area contributed by atoms with E-state index in [1.54, 1.807) is 0 Å². The van der Waals surface area contributed by atoms with E-state index in [4.69, 9.17) is 4.74 Å². The Bertz CT molecular complexity index is 282. The first-order valence-corrected chi connectivity index (χ1v) is 6.18. The molecule has 1 saturated heterocycles. The second-order valence-electron chi connectivity index (χ2n) is 5.00. The minimum absolute atomic E-state index is 0.105. The molecule has 0 bridgehead atoms. The second-order valence-corrected chi connectivity index (χ2v) is 5.00. The molecule has 2 fully saturated rings. The fourth-order valence-corrected chi connectivity index (χ4v) is 2.92. The molecule has 1 aliphatic heterocycles. The zero-order valence-electron chi connectivity index (χ0n) is 9.63. The van der Waals surface area contributed by atoms with Crippen LogP contribution in [0.5, 0.6) is 0 Å². The molecule has 0 N–H and O–H groups in total. The summed E-state index contributed by atoms with van der Waals surface area (Å²) in [7, 11) is 0. The summed E-state index contributed by atoms with van der Waals surface area (Å²) in [6.07, 6.45) is -1.85. The van der Waals surface area contributed by atoms with Gasteiger partial charge in [-0.05, 0) is 19.3 Å². The molecule has 0 amide bonds. The predicted molar refractivity (Wildman–Crippen MR) is 55.4 cm³/mol. The van der Waals surface area contributed by atoms with E-state index >= 15 is 0 Å². The van der Waals surface area contributed by atoms with Gasteiger partial charge in [-0.2, -0.15) is 13.2 Å². The molecule has 1 saturated carbocycles. The van der Waals surface area contributed by atoms with Crippen molar-refractivity contribution in [1.29, 1.82) is 0 Å². The summed E-state index contributed by atoms with van der Waals surface area (Å²) in [4.78, 5) is 12.1. The molecule has 0 aromatic carbocycles. The molecule has 2 aliphatic rings. The fraction of sp³-hybridized carbons (Fsp3) is 0.917. The normalized spacial score (nSPS) is 34.9. The first-order chi connectivity index (χ1) is 8.00. The molecule has 2 nitrogen and oxygen atoms in total. The molecule has 3 unspecified atom stereocenters. The first-order valence-electron chi connectivity index (χ1n) is 6.18. The van der Waals surface area contributed by atoms with Gasteiger partial charge in [-0.3, -0.25) is 4.79 Å². The van der Waals surface area contributed by atoms with Crippen molar-refractivity contribution >= 4 is 5.78 Å². The van der Waals surface area contributed by atoms with Gasteiger partial charge in [-0.1, -0.05) is 12.8 Å². The van der Waals surface area contributed by atoms with Crippen molar-refractivity contribution in [2.24, 2.45) is 17.8 Å². The van der Waals surface area contributed by atoms with Gasteiger partial charge < -0.3 is 4.74 Å². The van der Waals surface area contributed by atoms with Crippen molar-refractivity contribution in [2.75, 3.05) is 13.2 Å². The van der Waals surface area contributed by atoms with Crippen LogP contribution in [0.2, 0.25) is 0 Å². The summed E-state index contributed by atoms with van der Waals surface area (Å²) < 4.78 is 43.7. The average Bonchev–Trinajstić information content (AvgIpc) is 2.80. The van der Waals surface area contributed by atoms with Gasteiger partial charge in [-0.25, -0.2) is 0 Å². The summed E-state index contributed by atoms with van der Waals surface area (Å²) in [6.45, 7) is 0.805. The number of carbonyl (C=O) groups excluding carboxylic acids is 1. The molecule has 17 heavy (non-hydrogen) atoms. The third kappa shape index (κ3) is 2.81. The Morgan fingerprint density at radius 1 is 1.12 bits per heavy atom. The van der Waals surface area contributed by atoms with E-state index < -0.39 is 18.0 Å². The van der Waals surface area contributed by atoms with Crippen molar-refractivity contribution in [3.05, 3.63) is 0 Å². The van der Waals surface area contributed by atoms with Crippen LogP contribution in [0.25, 0.3) is 0 Å². The molecule has 2 rings (SSSR count). The molecule has 0 spiro atoms. The van der Waals surface area contributed by atoms with E-state index in [1.807, 2.05) is 0 Å². The van der Waals surface area contributed by atoms with E-state index in [-0.39, 0.29) is 18.1 Å². The number of ketones is 1. The van der Waals surface area contributed by atoms with Crippen molar-refractivity contribution in [1.82, 2.24) is 0 Å². The summed E-state index contributed by atoms with van der Waals surface area (Å²) in [5.74, 6) is -2.77. The smallest absolute Gasteiger partial charge is 0.381 e. The summed E-state index contributed by atoms with van der Waals surface area (Å²) >= 11 is 0. The first kappa shape index (κ1) is 12.9. The number of rotatable bonds is 2. The van der Waals surface area contributed by atoms with Gasteiger partial charge in [0.15, 0.2) is 0 Å². The average molecular weight is 250 g/mol. The number of Topliss-reactive ketones (excluding diaryl/α,β-unsaturated/α-hetero) is 1. The lowest BCUT2D eigenvalue weighted by atomic mass is 9.73. The van der Waals surface area contributed by atoms with Gasteiger partial charge in [0.05, 0.1) is 12.5 Å². The molecule has 1 heterocycles. The number of hydrogen-bond acceptors (Lipinski definition) is 2. The van der Waals surface area contributed by atoms with E-state index in [1.165, 1.54) is 0 Å². The van der Waals surface area contributed by atoms with Crippen molar-refractivity contribution in [3.63, 3.8) is 0 Å². The van der Waals surface area contributed by atoms with Crippen LogP contribution in [-0.2, 0) is 9.53 Å². The highest BCUT2D eigenvalue weighted by Gasteiger charge is 2.49. The van der Waals surface area contributed by atoms with Crippen LogP contribution in [0.3, 0.4) is 0 Å². The summed E-state index contributed by atoms with van der Waals surface area (Å²) in [5.41, 5.74) is 0. The van der Waals surface area contributed by atoms with Crippen molar-refractivity contribution in [2.45, 2.75) is 38.3 Å². The minimum Gasteiger partial charge on any atom is -0.381 e. The lowest BCUT2D eigenvalue weighted by Crippen LogP contribution is -2.39. The predicted octanol–water partition coefficient (Wildman–Crippen LogP) is 2.96. The third-order valence-electron chi connectivity index (χ3n) is 3.88. The highest BCUT2D eigenvalue weighted by molar-refractivity contribution is 5.84. The summed E-state index contributed by atoms with van der Waals surface area (Å²) in [6, 6.07) is 0. The number of alkyl halides is 3. The van der Waals surface area contributed by atoms with Gasteiger partial charge in [0.1, 0.15) is 5.78 Å². The Balaban J connectivity index is 2.07.